The highest BCUT2D eigenvalue weighted by atomic mass is 32.2. The van der Waals surface area contributed by atoms with E-state index in [0.29, 0.717) is 37.6 Å². The van der Waals surface area contributed by atoms with Crippen LogP contribution in [0.1, 0.15) is 30.1 Å². The highest BCUT2D eigenvalue weighted by Crippen LogP contribution is 2.23. The molecule has 0 unspecified atom stereocenters. The molecule has 2 aromatic rings. The molecule has 0 aliphatic carbocycles. The number of rotatable bonds is 8. The van der Waals surface area contributed by atoms with Gasteiger partial charge >= 0.3 is 0 Å². The van der Waals surface area contributed by atoms with Gasteiger partial charge in [-0.2, -0.15) is 0 Å². The number of benzene rings is 1. The highest BCUT2D eigenvalue weighted by molar-refractivity contribution is 7.98. The van der Waals surface area contributed by atoms with Crippen LogP contribution in [0.5, 0.6) is 5.75 Å². The van der Waals surface area contributed by atoms with Crippen molar-refractivity contribution in [3.05, 3.63) is 48.2 Å². The summed E-state index contributed by atoms with van der Waals surface area (Å²) in [6.07, 6.45) is 5.10. The first-order valence-electron chi connectivity index (χ1n) is 9.95. The van der Waals surface area contributed by atoms with Crippen molar-refractivity contribution in [2.24, 2.45) is 5.92 Å². The molecular formula is C21H27N3O4S2. The number of amides is 1. The lowest BCUT2D eigenvalue weighted by atomic mass is 9.97. The molecule has 7 nitrogen and oxygen atoms in total. The van der Waals surface area contributed by atoms with Crippen LogP contribution >= 0.6 is 11.8 Å². The molecule has 0 spiro atoms. The van der Waals surface area contributed by atoms with Gasteiger partial charge in [-0.25, -0.2) is 18.1 Å². The summed E-state index contributed by atoms with van der Waals surface area (Å²) in [7, 11) is -3.57. The molecule has 1 amide bonds. The van der Waals surface area contributed by atoms with E-state index < -0.39 is 10.0 Å². The van der Waals surface area contributed by atoms with Crippen molar-refractivity contribution in [3.8, 4) is 5.75 Å². The van der Waals surface area contributed by atoms with Gasteiger partial charge in [0.05, 0.1) is 17.1 Å². The van der Waals surface area contributed by atoms with Gasteiger partial charge < -0.3 is 9.64 Å². The Kier molecular flexibility index (Phi) is 7.74. The lowest BCUT2D eigenvalue weighted by Crippen LogP contribution is -2.41. The van der Waals surface area contributed by atoms with Gasteiger partial charge in [-0.1, -0.05) is 0 Å². The third-order valence-electron chi connectivity index (χ3n) is 5.10. The van der Waals surface area contributed by atoms with Crippen LogP contribution in [-0.4, -0.2) is 56.7 Å². The Balaban J connectivity index is 1.52. The molecule has 162 valence electrons. The first kappa shape index (κ1) is 22.6. The zero-order valence-electron chi connectivity index (χ0n) is 17.2. The number of carbonyl (C=O) groups excluding carboxylic acids is 1. The normalized spacial score (nSPS) is 15.2. The smallest absolute Gasteiger partial charge is 0.256 e. The maximum Gasteiger partial charge on any atom is 0.256 e. The van der Waals surface area contributed by atoms with E-state index in [-0.39, 0.29) is 16.7 Å². The Bertz CT molecular complexity index is 956. The van der Waals surface area contributed by atoms with Crippen LogP contribution in [0.2, 0.25) is 0 Å². The van der Waals surface area contributed by atoms with E-state index in [9.17, 15) is 13.2 Å². The summed E-state index contributed by atoms with van der Waals surface area (Å²) < 4.78 is 33.1. The Hall–Kier alpha value is -2.10. The summed E-state index contributed by atoms with van der Waals surface area (Å²) in [4.78, 5) is 19.1. The van der Waals surface area contributed by atoms with Gasteiger partial charge in [0, 0.05) is 25.8 Å². The number of piperidine rings is 1. The average molecular weight is 450 g/mol. The van der Waals surface area contributed by atoms with Crippen LogP contribution in [-0.2, 0) is 10.0 Å². The lowest BCUT2D eigenvalue weighted by Gasteiger charge is -2.32. The van der Waals surface area contributed by atoms with Gasteiger partial charge in [-0.3, -0.25) is 4.79 Å². The fourth-order valence-corrected chi connectivity index (χ4v) is 5.08. The number of pyridine rings is 1. The van der Waals surface area contributed by atoms with Crippen molar-refractivity contribution < 1.29 is 17.9 Å². The van der Waals surface area contributed by atoms with Crippen LogP contribution in [0.4, 0.5) is 0 Å². The Morgan fingerprint density at radius 2 is 1.93 bits per heavy atom. The predicted octanol–water partition coefficient (Wildman–Crippen LogP) is 3.03. The molecule has 0 bridgehead atoms. The number of hydrogen-bond donors (Lipinski definition) is 1. The van der Waals surface area contributed by atoms with Crippen LogP contribution in [0.25, 0.3) is 0 Å². The zero-order valence-corrected chi connectivity index (χ0v) is 18.8. The van der Waals surface area contributed by atoms with Crippen molar-refractivity contribution in [1.82, 2.24) is 14.6 Å². The van der Waals surface area contributed by atoms with Gasteiger partial charge in [0.1, 0.15) is 10.8 Å². The highest BCUT2D eigenvalue weighted by Gasteiger charge is 2.26. The number of aromatic nitrogens is 1. The number of nitrogens with zero attached hydrogens (tertiary/aromatic N) is 2. The summed E-state index contributed by atoms with van der Waals surface area (Å²) in [6.45, 7) is 3.99. The first-order valence-corrected chi connectivity index (χ1v) is 12.7. The number of hydrogen-bond acceptors (Lipinski definition) is 6. The molecular weight excluding hydrogens is 422 g/mol. The molecule has 1 aromatic carbocycles. The molecule has 1 fully saturated rings. The summed E-state index contributed by atoms with van der Waals surface area (Å²) in [6, 6.07) is 9.98. The van der Waals surface area contributed by atoms with Crippen molar-refractivity contribution in [1.29, 1.82) is 0 Å². The quantitative estimate of drug-likeness (QED) is 0.623. The van der Waals surface area contributed by atoms with Gasteiger partial charge in [-0.15, -0.1) is 11.8 Å². The maximum atomic E-state index is 12.8. The third-order valence-corrected chi connectivity index (χ3v) is 7.26. The Morgan fingerprint density at radius 3 is 2.57 bits per heavy atom. The van der Waals surface area contributed by atoms with Crippen molar-refractivity contribution in [3.63, 3.8) is 0 Å². The van der Waals surface area contributed by atoms with E-state index in [1.54, 1.807) is 42.6 Å². The number of carbonyl (C=O) groups is 1. The molecule has 0 radical (unpaired) electrons. The third kappa shape index (κ3) is 5.53. The molecule has 0 atom stereocenters. The fraction of sp³-hybridized carbons (Fsp3) is 0.429. The minimum Gasteiger partial charge on any atom is -0.494 e. The van der Waals surface area contributed by atoms with Gasteiger partial charge in [0.2, 0.25) is 10.0 Å². The van der Waals surface area contributed by atoms with E-state index in [2.05, 4.69) is 9.71 Å². The van der Waals surface area contributed by atoms with Gasteiger partial charge in [0.15, 0.2) is 0 Å². The molecule has 9 heteroatoms. The number of nitrogens with one attached hydrogen (secondary N) is 1. The summed E-state index contributed by atoms with van der Waals surface area (Å²) in [5.41, 5.74) is 0.625. The lowest BCUT2D eigenvalue weighted by molar-refractivity contribution is 0.0687. The molecule has 30 heavy (non-hydrogen) atoms. The molecule has 3 rings (SSSR count). The Morgan fingerprint density at radius 1 is 1.23 bits per heavy atom. The molecule has 1 aliphatic rings. The van der Waals surface area contributed by atoms with Crippen LogP contribution in [0, 0.1) is 5.92 Å². The number of thioether (sulfide) groups is 1. The van der Waals surface area contributed by atoms with E-state index in [0.717, 1.165) is 17.9 Å². The Labute approximate surface area is 182 Å². The van der Waals surface area contributed by atoms with Crippen molar-refractivity contribution >= 4 is 27.7 Å². The molecule has 1 aliphatic heterocycles. The molecule has 1 N–H and O–H groups in total. The second-order valence-corrected chi connectivity index (χ2v) is 9.61. The minimum absolute atomic E-state index is 0.0131. The molecule has 0 saturated carbocycles. The standard InChI is InChI=1S/C21H27N3O4S2/c1-3-28-17-6-8-18(9-7-17)30(26,27)23-15-16-10-13-24(14-11-16)21(25)19-5-4-12-22-20(19)29-2/h4-9,12,16,23H,3,10-11,13-15H2,1-2H3. The summed E-state index contributed by atoms with van der Waals surface area (Å²) in [5, 5.41) is 0.729. The van der Waals surface area contributed by atoms with E-state index in [1.165, 1.54) is 11.8 Å². The predicted molar refractivity (Wildman–Crippen MR) is 117 cm³/mol. The molecule has 1 saturated heterocycles. The van der Waals surface area contributed by atoms with Crippen molar-refractivity contribution in [2.45, 2.75) is 29.7 Å². The summed E-state index contributed by atoms with van der Waals surface area (Å²) >= 11 is 1.46. The van der Waals surface area contributed by atoms with Crippen LogP contribution in [0.15, 0.2) is 52.5 Å². The van der Waals surface area contributed by atoms with E-state index in [1.807, 2.05) is 18.1 Å². The molecule has 2 heterocycles. The summed E-state index contributed by atoms with van der Waals surface area (Å²) in [5.74, 6) is 0.827. The monoisotopic (exact) mass is 449 g/mol. The number of sulfonamides is 1. The average Bonchev–Trinajstić information content (AvgIpc) is 2.78. The second-order valence-electron chi connectivity index (χ2n) is 7.05. The van der Waals surface area contributed by atoms with Crippen molar-refractivity contribution in [2.75, 3.05) is 32.5 Å². The topological polar surface area (TPSA) is 88.6 Å². The maximum absolute atomic E-state index is 12.8. The van der Waals surface area contributed by atoms with Gasteiger partial charge in [-0.05, 0) is 68.3 Å². The molecule has 1 aromatic heterocycles. The van der Waals surface area contributed by atoms with E-state index in [4.69, 9.17) is 4.74 Å². The first-order chi connectivity index (χ1) is 14.4. The van der Waals surface area contributed by atoms with E-state index >= 15 is 0 Å². The second kappa shape index (κ2) is 10.3. The van der Waals surface area contributed by atoms with Crippen LogP contribution in [0.3, 0.4) is 0 Å². The SMILES string of the molecule is CCOc1ccc(S(=O)(=O)NCC2CCN(C(=O)c3cccnc3SC)CC2)cc1. The minimum atomic E-state index is -3.57. The number of likely N-dealkylation sites (tertiary alicyclic amines) is 1. The zero-order chi connectivity index (χ0) is 21.6. The number of ether oxygens (including phenoxy) is 1. The fourth-order valence-electron chi connectivity index (χ4n) is 3.42. The largest absolute Gasteiger partial charge is 0.494 e. The van der Waals surface area contributed by atoms with Gasteiger partial charge in [0.25, 0.3) is 5.91 Å². The van der Waals surface area contributed by atoms with Crippen LogP contribution < -0.4 is 9.46 Å².